The van der Waals surface area contributed by atoms with E-state index in [1.807, 2.05) is 72.8 Å². The van der Waals surface area contributed by atoms with Crippen molar-refractivity contribution in [3.8, 4) is 40.0 Å². The number of hydrogen-bond acceptors (Lipinski definition) is 5. The van der Waals surface area contributed by atoms with Crippen LogP contribution in [0.1, 0.15) is 0 Å². The highest BCUT2D eigenvalue weighted by atomic mass is 16.5. The van der Waals surface area contributed by atoms with Gasteiger partial charge in [0, 0.05) is 16.7 Å². The van der Waals surface area contributed by atoms with Crippen LogP contribution in [-0.2, 0) is 0 Å². The smallest absolute Gasteiger partial charge is 0.248 e. The van der Waals surface area contributed by atoms with E-state index in [0.717, 1.165) is 39.3 Å². The second-order valence-corrected chi connectivity index (χ2v) is 6.29. The molecule has 0 aliphatic carbocycles. The van der Waals surface area contributed by atoms with E-state index in [2.05, 4.69) is 15.2 Å². The molecule has 6 heteroatoms. The summed E-state index contributed by atoms with van der Waals surface area (Å²) in [6, 6.07) is 23.3. The summed E-state index contributed by atoms with van der Waals surface area (Å²) in [5.74, 6) is 2.44. The van der Waals surface area contributed by atoms with Crippen LogP contribution in [-0.4, -0.2) is 27.3 Å². The lowest BCUT2D eigenvalue weighted by atomic mass is 10.1. The Kier molecular flexibility index (Phi) is 3.87. The third-order valence-electron chi connectivity index (χ3n) is 4.56. The van der Waals surface area contributed by atoms with Gasteiger partial charge in [-0.15, -0.1) is 10.2 Å². The first-order valence-corrected chi connectivity index (χ1v) is 8.84. The Morgan fingerprint density at radius 2 is 1.50 bits per heavy atom. The molecule has 5 aromatic rings. The Bertz CT molecular complexity index is 1220. The van der Waals surface area contributed by atoms with Crippen molar-refractivity contribution in [3.05, 3.63) is 72.8 Å². The molecule has 5 rings (SSSR count). The number of hydrogen-bond donors (Lipinski definition) is 1. The van der Waals surface area contributed by atoms with Crippen LogP contribution in [0.4, 0.5) is 0 Å². The number of nitrogens with one attached hydrogen (secondary N) is 1. The van der Waals surface area contributed by atoms with Crippen molar-refractivity contribution in [2.45, 2.75) is 0 Å². The summed E-state index contributed by atoms with van der Waals surface area (Å²) in [5.41, 5.74) is 4.46. The van der Waals surface area contributed by atoms with Crippen LogP contribution in [0.5, 0.6) is 5.75 Å². The molecule has 28 heavy (non-hydrogen) atoms. The van der Waals surface area contributed by atoms with E-state index in [9.17, 15) is 0 Å². The normalized spacial score (nSPS) is 11.0. The van der Waals surface area contributed by atoms with E-state index in [0.29, 0.717) is 11.8 Å². The highest BCUT2D eigenvalue weighted by molar-refractivity contribution is 5.83. The number of H-pyrrole nitrogens is 1. The Morgan fingerprint density at radius 1 is 0.786 bits per heavy atom. The van der Waals surface area contributed by atoms with Crippen molar-refractivity contribution < 1.29 is 9.15 Å². The summed E-state index contributed by atoms with van der Waals surface area (Å²) < 4.78 is 11.2. The zero-order valence-electron chi connectivity index (χ0n) is 15.1. The largest absolute Gasteiger partial charge is 0.497 e. The van der Waals surface area contributed by atoms with Gasteiger partial charge in [0.15, 0.2) is 0 Å². The van der Waals surface area contributed by atoms with E-state index in [-0.39, 0.29) is 0 Å². The van der Waals surface area contributed by atoms with Crippen molar-refractivity contribution in [3.63, 3.8) is 0 Å². The molecule has 2 aromatic heterocycles. The van der Waals surface area contributed by atoms with Gasteiger partial charge in [0.2, 0.25) is 11.8 Å². The van der Waals surface area contributed by atoms with Crippen LogP contribution in [0.25, 0.3) is 45.3 Å². The van der Waals surface area contributed by atoms with Crippen molar-refractivity contribution in [2.75, 3.05) is 7.11 Å². The molecule has 0 unspecified atom stereocenters. The minimum absolute atomic E-state index is 0.446. The molecule has 0 bridgehead atoms. The average Bonchev–Trinajstić information content (AvgIpc) is 3.41. The molecule has 0 amide bonds. The number of rotatable bonds is 4. The number of nitrogens with zero attached hydrogens (tertiary/aromatic N) is 3. The van der Waals surface area contributed by atoms with Crippen molar-refractivity contribution >= 4 is 11.0 Å². The maximum atomic E-state index is 5.96. The number of imidazole rings is 1. The molecule has 0 saturated carbocycles. The fraction of sp³-hybridized carbons (Fsp3) is 0.0455. The summed E-state index contributed by atoms with van der Waals surface area (Å²) >= 11 is 0. The van der Waals surface area contributed by atoms with Crippen LogP contribution in [0, 0.1) is 0 Å². The van der Waals surface area contributed by atoms with E-state index in [1.165, 1.54) is 0 Å². The molecule has 0 radical (unpaired) electrons. The summed E-state index contributed by atoms with van der Waals surface area (Å²) in [4.78, 5) is 8.05. The first kappa shape index (κ1) is 16.3. The zero-order valence-corrected chi connectivity index (χ0v) is 15.1. The highest BCUT2D eigenvalue weighted by Crippen LogP contribution is 2.32. The van der Waals surface area contributed by atoms with Crippen LogP contribution < -0.4 is 4.74 Å². The van der Waals surface area contributed by atoms with E-state index >= 15 is 0 Å². The monoisotopic (exact) mass is 368 g/mol. The first-order valence-electron chi connectivity index (χ1n) is 8.84. The van der Waals surface area contributed by atoms with Crippen molar-refractivity contribution in [1.82, 2.24) is 20.2 Å². The Balaban J connectivity index is 1.56. The molecule has 2 heterocycles. The predicted molar refractivity (Wildman–Crippen MR) is 107 cm³/mol. The van der Waals surface area contributed by atoms with Gasteiger partial charge in [0.25, 0.3) is 0 Å². The fourth-order valence-corrected chi connectivity index (χ4v) is 3.14. The van der Waals surface area contributed by atoms with E-state index in [4.69, 9.17) is 14.1 Å². The Hall–Kier alpha value is -3.93. The topological polar surface area (TPSA) is 76.8 Å². The second kappa shape index (κ2) is 6.66. The molecule has 0 aliphatic heterocycles. The predicted octanol–water partition coefficient (Wildman–Crippen LogP) is 4.96. The minimum atomic E-state index is 0.446. The average molecular weight is 368 g/mol. The van der Waals surface area contributed by atoms with Gasteiger partial charge < -0.3 is 14.1 Å². The lowest BCUT2D eigenvalue weighted by Gasteiger charge is -2.03. The second-order valence-electron chi connectivity index (χ2n) is 6.29. The molecule has 0 spiro atoms. The molecule has 3 aromatic carbocycles. The van der Waals surface area contributed by atoms with Crippen molar-refractivity contribution in [2.24, 2.45) is 0 Å². The third kappa shape index (κ3) is 2.81. The van der Waals surface area contributed by atoms with Gasteiger partial charge >= 0.3 is 0 Å². The van der Waals surface area contributed by atoms with Gasteiger partial charge in [0.1, 0.15) is 11.6 Å². The Morgan fingerprint density at radius 3 is 2.29 bits per heavy atom. The number of methoxy groups -OCH3 is 1. The number of aromatic nitrogens is 4. The number of aromatic amines is 1. The summed E-state index contributed by atoms with van der Waals surface area (Å²) in [6.07, 6.45) is 0. The summed E-state index contributed by atoms with van der Waals surface area (Å²) in [6.45, 7) is 0. The van der Waals surface area contributed by atoms with Gasteiger partial charge in [-0.1, -0.05) is 30.3 Å². The first-order chi connectivity index (χ1) is 13.8. The molecule has 0 aliphatic rings. The maximum Gasteiger partial charge on any atom is 0.248 e. The van der Waals surface area contributed by atoms with Crippen LogP contribution in [0.15, 0.2) is 77.2 Å². The molecule has 136 valence electrons. The number of benzene rings is 3. The van der Waals surface area contributed by atoms with Gasteiger partial charge in [-0.2, -0.15) is 0 Å². The molecule has 6 nitrogen and oxygen atoms in total. The standard InChI is InChI=1S/C22H16N4O2/c1-27-15-12-10-14(11-13-15)21-25-26-22(28-21)17-7-3-2-6-16(17)20-23-18-8-4-5-9-19(18)24-20/h2-13H,1H3,(H,23,24). The van der Waals surface area contributed by atoms with Gasteiger partial charge in [0.05, 0.1) is 18.1 Å². The van der Waals surface area contributed by atoms with Gasteiger partial charge in [-0.3, -0.25) is 0 Å². The van der Waals surface area contributed by atoms with E-state index in [1.54, 1.807) is 7.11 Å². The molecule has 0 saturated heterocycles. The lowest BCUT2D eigenvalue weighted by Crippen LogP contribution is -1.87. The number of fused-ring (bicyclic) bond motifs is 1. The number of para-hydroxylation sites is 2. The van der Waals surface area contributed by atoms with Crippen LogP contribution in [0.3, 0.4) is 0 Å². The summed E-state index contributed by atoms with van der Waals surface area (Å²) in [5, 5.41) is 8.46. The van der Waals surface area contributed by atoms with Gasteiger partial charge in [-0.05, 0) is 42.5 Å². The number of ether oxygens (including phenoxy) is 1. The Labute approximate surface area is 160 Å². The maximum absolute atomic E-state index is 5.96. The van der Waals surface area contributed by atoms with Crippen LogP contribution >= 0.6 is 0 Å². The summed E-state index contributed by atoms with van der Waals surface area (Å²) in [7, 11) is 1.63. The van der Waals surface area contributed by atoms with Crippen molar-refractivity contribution in [1.29, 1.82) is 0 Å². The zero-order chi connectivity index (χ0) is 18.9. The third-order valence-corrected chi connectivity index (χ3v) is 4.56. The fourth-order valence-electron chi connectivity index (χ4n) is 3.14. The van der Waals surface area contributed by atoms with Gasteiger partial charge in [-0.25, -0.2) is 4.98 Å². The minimum Gasteiger partial charge on any atom is -0.497 e. The molecular weight excluding hydrogens is 352 g/mol. The molecule has 1 N–H and O–H groups in total. The van der Waals surface area contributed by atoms with Crippen LogP contribution in [0.2, 0.25) is 0 Å². The highest BCUT2D eigenvalue weighted by Gasteiger charge is 2.16. The van der Waals surface area contributed by atoms with E-state index < -0.39 is 0 Å². The SMILES string of the molecule is COc1ccc(-c2nnc(-c3ccccc3-c3nc4ccccc4[nH]3)o2)cc1. The lowest BCUT2D eigenvalue weighted by molar-refractivity contribution is 0.415. The quantitative estimate of drug-likeness (QED) is 0.485. The molecule has 0 atom stereocenters. The molecule has 0 fully saturated rings. The molecular formula is C22H16N4O2.